The fourth-order valence-electron chi connectivity index (χ4n) is 5.58. The average Bonchev–Trinajstić information content (AvgIpc) is 3.06. The van der Waals surface area contributed by atoms with Crippen LogP contribution in [0.4, 0.5) is 0 Å². The first-order valence-corrected chi connectivity index (χ1v) is 12.3. The molecule has 0 aromatic heterocycles. The van der Waals surface area contributed by atoms with Crippen molar-refractivity contribution in [1.82, 2.24) is 0 Å². The Kier molecular flexibility index (Phi) is 5.42. The lowest BCUT2D eigenvalue weighted by Gasteiger charge is -2.49. The van der Waals surface area contributed by atoms with Gasteiger partial charge in [0.05, 0.1) is 27.1 Å². The van der Waals surface area contributed by atoms with Crippen LogP contribution in [0.15, 0.2) is 22.6 Å². The van der Waals surface area contributed by atoms with Crippen LogP contribution in [0, 0.1) is 11.3 Å². The van der Waals surface area contributed by atoms with Crippen molar-refractivity contribution in [2.75, 3.05) is 27.1 Å². The number of carbonyl (C=O) groups is 2. The highest BCUT2D eigenvalue weighted by Gasteiger charge is 2.69. The molecule has 2 saturated heterocycles. The minimum atomic E-state index is -3.60. The Morgan fingerprint density at radius 2 is 1.55 bits per heavy atom. The summed E-state index contributed by atoms with van der Waals surface area (Å²) in [6.07, 6.45) is 0.243. The summed E-state index contributed by atoms with van der Waals surface area (Å²) in [7, 11) is 0.789. The molecule has 3 aliphatic rings. The lowest BCUT2D eigenvalue weighted by molar-refractivity contribution is -0.257. The van der Waals surface area contributed by atoms with Gasteiger partial charge in [-0.25, -0.2) is 8.42 Å². The van der Waals surface area contributed by atoms with Gasteiger partial charge in [0.15, 0.2) is 26.8 Å². The number of hydrogen-bond acceptors (Lipinski definition) is 9. The van der Waals surface area contributed by atoms with Crippen LogP contribution in [0.5, 0.6) is 17.2 Å². The lowest BCUT2D eigenvalue weighted by Crippen LogP contribution is -2.61. The molecule has 1 spiro atoms. The average molecular weight is 481 g/mol. The van der Waals surface area contributed by atoms with Gasteiger partial charge in [0.2, 0.25) is 5.75 Å². The van der Waals surface area contributed by atoms with Gasteiger partial charge in [0, 0.05) is 36.2 Å². The number of esters is 2. The number of sulfone groups is 1. The molecular weight excluding hydrogens is 452 g/mol. The van der Waals surface area contributed by atoms with Crippen LogP contribution in [0.2, 0.25) is 0 Å². The van der Waals surface area contributed by atoms with Crippen LogP contribution in [0.25, 0.3) is 0 Å². The maximum absolute atomic E-state index is 13.7. The Labute approximate surface area is 192 Å². The first kappa shape index (κ1) is 23.4. The van der Waals surface area contributed by atoms with Crippen molar-refractivity contribution in [3.8, 4) is 17.2 Å². The molecule has 1 aromatic rings. The van der Waals surface area contributed by atoms with Crippen molar-refractivity contribution in [1.29, 1.82) is 0 Å². The zero-order valence-electron chi connectivity index (χ0n) is 19.5. The van der Waals surface area contributed by atoms with Crippen molar-refractivity contribution < 1.29 is 41.7 Å². The molecule has 2 atom stereocenters. The number of hydrogen-bond donors (Lipinski definition) is 0. The van der Waals surface area contributed by atoms with E-state index in [1.165, 1.54) is 35.2 Å². The molecule has 1 aliphatic carbocycles. The fraction of sp³-hybridized carbons (Fsp3) is 0.565. The molecule has 0 N–H and O–H groups in total. The number of carbonyl (C=O) groups excluding carboxylic acids is 2. The quantitative estimate of drug-likeness (QED) is 0.474. The number of ether oxygens (including phenoxy) is 5. The molecule has 2 aliphatic heterocycles. The summed E-state index contributed by atoms with van der Waals surface area (Å²) in [6, 6.07) is 3.36. The lowest BCUT2D eigenvalue weighted by atomic mass is 9.57. The summed E-state index contributed by atoms with van der Waals surface area (Å²) < 4.78 is 53.5. The Bertz CT molecular complexity index is 1140. The molecule has 33 heavy (non-hydrogen) atoms. The number of allylic oxidation sites excluding steroid dienone is 2. The highest BCUT2D eigenvalue weighted by molar-refractivity contribution is 7.95. The van der Waals surface area contributed by atoms with Crippen LogP contribution in [-0.4, -0.2) is 53.2 Å². The van der Waals surface area contributed by atoms with Crippen LogP contribution >= 0.6 is 0 Å². The predicted octanol–water partition coefficient (Wildman–Crippen LogP) is 2.73. The largest absolute Gasteiger partial charge is 0.493 e. The summed E-state index contributed by atoms with van der Waals surface area (Å²) >= 11 is 0. The molecule has 0 radical (unpaired) electrons. The highest BCUT2D eigenvalue weighted by atomic mass is 32.2. The van der Waals surface area contributed by atoms with E-state index >= 15 is 0 Å². The number of benzene rings is 1. The van der Waals surface area contributed by atoms with Crippen LogP contribution in [0.1, 0.15) is 45.1 Å². The summed E-state index contributed by atoms with van der Waals surface area (Å²) in [6.45, 7) is 4.66. The van der Waals surface area contributed by atoms with E-state index in [2.05, 4.69) is 0 Å². The third-order valence-corrected chi connectivity index (χ3v) is 8.90. The van der Waals surface area contributed by atoms with Gasteiger partial charge < -0.3 is 23.7 Å². The minimum Gasteiger partial charge on any atom is -0.493 e. The molecule has 0 unspecified atom stereocenters. The molecule has 2 heterocycles. The number of cyclic esters (lactones) is 2. The predicted molar refractivity (Wildman–Crippen MR) is 117 cm³/mol. The molecule has 2 fully saturated rings. The minimum absolute atomic E-state index is 0.117. The monoisotopic (exact) mass is 480 g/mol. The van der Waals surface area contributed by atoms with Gasteiger partial charge in [-0.3, -0.25) is 9.59 Å². The molecule has 4 rings (SSSR count). The normalized spacial score (nSPS) is 27.0. The maximum atomic E-state index is 13.7. The van der Waals surface area contributed by atoms with Gasteiger partial charge >= 0.3 is 11.9 Å². The van der Waals surface area contributed by atoms with Gasteiger partial charge in [0.1, 0.15) is 0 Å². The number of methoxy groups -OCH3 is 3. The second kappa shape index (κ2) is 7.65. The summed E-state index contributed by atoms with van der Waals surface area (Å²) in [5.74, 6) is -3.88. The summed E-state index contributed by atoms with van der Waals surface area (Å²) in [5, 5.41) is 0. The molecule has 10 heteroatoms. The Morgan fingerprint density at radius 1 is 0.939 bits per heavy atom. The summed E-state index contributed by atoms with van der Waals surface area (Å²) in [5.41, 5.74) is -0.761. The number of rotatable bonds is 4. The van der Waals surface area contributed by atoms with Gasteiger partial charge in [-0.15, -0.1) is 0 Å². The zero-order chi connectivity index (χ0) is 24.3. The van der Waals surface area contributed by atoms with E-state index in [1.54, 1.807) is 19.1 Å². The van der Waals surface area contributed by atoms with E-state index in [4.69, 9.17) is 23.7 Å². The first-order valence-electron chi connectivity index (χ1n) is 10.6. The maximum Gasteiger partial charge on any atom is 0.328 e. The van der Waals surface area contributed by atoms with E-state index in [0.717, 1.165) is 0 Å². The van der Waals surface area contributed by atoms with Gasteiger partial charge in [-0.05, 0) is 25.8 Å². The SMILES string of the molecule is COc1ccc([C@@H]2CC(C)=C3[C@H](CCS3(=O)=O)C23C(=O)OC(C)(C)OC3=O)c(OC)c1OC. The van der Waals surface area contributed by atoms with Crippen molar-refractivity contribution in [3.63, 3.8) is 0 Å². The molecule has 9 nitrogen and oxygen atoms in total. The first-order chi connectivity index (χ1) is 15.4. The van der Waals surface area contributed by atoms with Gasteiger partial charge in [0.25, 0.3) is 5.79 Å². The van der Waals surface area contributed by atoms with E-state index in [0.29, 0.717) is 28.4 Å². The van der Waals surface area contributed by atoms with Crippen molar-refractivity contribution in [2.24, 2.45) is 11.3 Å². The smallest absolute Gasteiger partial charge is 0.328 e. The third kappa shape index (κ3) is 3.21. The fourth-order valence-corrected chi connectivity index (χ4v) is 7.70. The van der Waals surface area contributed by atoms with Crippen LogP contribution in [-0.2, 0) is 28.9 Å². The van der Waals surface area contributed by atoms with E-state index in [9.17, 15) is 18.0 Å². The second-order valence-corrected chi connectivity index (χ2v) is 11.1. The second-order valence-electron chi connectivity index (χ2n) is 9.03. The van der Waals surface area contributed by atoms with Gasteiger partial charge in [-0.1, -0.05) is 11.6 Å². The standard InChI is InChI=1S/C23H28O9S/c1-12-11-15(13-7-8-16(28-4)18(30-6)17(13)29-5)23(14-9-10-33(26,27)19(12)14)20(24)31-22(2,3)32-21(23)25/h7-8,14-15H,9-11H2,1-6H3/t14-,15-/m0/s1. The van der Waals surface area contributed by atoms with Crippen molar-refractivity contribution in [2.45, 2.75) is 45.3 Å². The van der Waals surface area contributed by atoms with E-state index in [1.807, 2.05) is 0 Å². The van der Waals surface area contributed by atoms with E-state index in [-0.39, 0.29) is 23.5 Å². The van der Waals surface area contributed by atoms with Crippen molar-refractivity contribution in [3.05, 3.63) is 28.2 Å². The topological polar surface area (TPSA) is 114 Å². The van der Waals surface area contributed by atoms with Gasteiger partial charge in [-0.2, -0.15) is 0 Å². The molecule has 0 amide bonds. The summed E-state index contributed by atoms with van der Waals surface area (Å²) in [4.78, 5) is 27.5. The molecule has 0 saturated carbocycles. The Balaban J connectivity index is 2.03. The third-order valence-electron chi connectivity index (χ3n) is 6.82. The highest BCUT2D eigenvalue weighted by Crippen LogP contribution is 2.62. The number of fused-ring (bicyclic) bond motifs is 2. The Hall–Kier alpha value is -2.75. The molecule has 0 bridgehead atoms. The van der Waals surface area contributed by atoms with E-state index < -0.39 is 44.8 Å². The molecule has 180 valence electrons. The zero-order valence-corrected chi connectivity index (χ0v) is 20.3. The molecular formula is C23H28O9S. The van der Waals surface area contributed by atoms with Crippen LogP contribution < -0.4 is 14.2 Å². The van der Waals surface area contributed by atoms with Crippen molar-refractivity contribution >= 4 is 21.8 Å². The van der Waals surface area contributed by atoms with Crippen LogP contribution in [0.3, 0.4) is 0 Å². The molecule has 1 aromatic carbocycles. The Morgan fingerprint density at radius 3 is 2.09 bits per heavy atom.